The van der Waals surface area contributed by atoms with E-state index in [-0.39, 0.29) is 0 Å². The second kappa shape index (κ2) is 6.52. The normalized spacial score (nSPS) is 23.2. The predicted molar refractivity (Wildman–Crippen MR) is 109 cm³/mol. The molecule has 1 N–H and O–H groups in total. The number of halogens is 2. The fourth-order valence-electron chi connectivity index (χ4n) is 3.88. The van der Waals surface area contributed by atoms with Gasteiger partial charge in [0.05, 0.1) is 11.3 Å². The molecular weight excluding hydrogens is 384 g/mol. The summed E-state index contributed by atoms with van der Waals surface area (Å²) in [6, 6.07) is 11.3. The van der Waals surface area contributed by atoms with Gasteiger partial charge in [-0.3, -0.25) is 0 Å². The summed E-state index contributed by atoms with van der Waals surface area (Å²) in [5.41, 5.74) is 3.36. The van der Waals surface area contributed by atoms with Crippen LogP contribution in [-0.2, 0) is 20.7 Å². The second-order valence-corrected chi connectivity index (χ2v) is 8.47. The van der Waals surface area contributed by atoms with Crippen LogP contribution in [0.4, 0.5) is 0 Å². The standard InChI is InChI=1S/C20H20BCl2NO3/c1-4-20(13-8-14(22)10-15(23)9-13)11-18(24-27-20)12-5-6-17-16(7-12)19(2,3)26-21(17)25/h5-10,25H,4,11H2,1-3H3. The second-order valence-electron chi connectivity index (χ2n) is 7.59. The summed E-state index contributed by atoms with van der Waals surface area (Å²) in [7, 11) is -0.894. The molecule has 0 spiro atoms. The molecule has 0 aromatic heterocycles. The molecule has 0 saturated heterocycles. The fraction of sp³-hybridized carbons (Fsp3) is 0.350. The minimum absolute atomic E-state index is 0.549. The van der Waals surface area contributed by atoms with Crippen LogP contribution in [0.2, 0.25) is 10.0 Å². The van der Waals surface area contributed by atoms with Crippen LogP contribution < -0.4 is 5.46 Å². The Labute approximate surface area is 169 Å². The van der Waals surface area contributed by atoms with Gasteiger partial charge in [0.25, 0.3) is 0 Å². The molecular formula is C20H20BCl2NO3. The van der Waals surface area contributed by atoms with Crippen LogP contribution in [-0.4, -0.2) is 17.9 Å². The third-order valence-corrected chi connectivity index (χ3v) is 5.89. The van der Waals surface area contributed by atoms with E-state index in [1.165, 1.54) is 0 Å². The lowest BCUT2D eigenvalue weighted by atomic mass is 9.77. The lowest BCUT2D eigenvalue weighted by Crippen LogP contribution is -2.28. The van der Waals surface area contributed by atoms with E-state index in [1.807, 2.05) is 44.2 Å². The monoisotopic (exact) mass is 403 g/mol. The lowest BCUT2D eigenvalue weighted by molar-refractivity contribution is -0.0263. The van der Waals surface area contributed by atoms with Gasteiger partial charge in [-0.15, -0.1) is 0 Å². The predicted octanol–water partition coefficient (Wildman–Crippen LogP) is 4.38. The molecule has 0 radical (unpaired) electrons. The van der Waals surface area contributed by atoms with Crippen LogP contribution in [0.25, 0.3) is 0 Å². The SMILES string of the molecule is CCC1(c2cc(Cl)cc(Cl)c2)CC(c2ccc3c(c2)C(C)(C)OB3O)=NO1. The molecule has 7 heteroatoms. The molecule has 2 aromatic carbocycles. The summed E-state index contributed by atoms with van der Waals surface area (Å²) in [6.45, 7) is 5.95. The molecule has 0 fully saturated rings. The van der Waals surface area contributed by atoms with Gasteiger partial charge < -0.3 is 14.5 Å². The van der Waals surface area contributed by atoms with E-state index in [2.05, 4.69) is 12.1 Å². The third kappa shape index (κ3) is 3.17. The van der Waals surface area contributed by atoms with Crippen LogP contribution in [0.1, 0.15) is 50.3 Å². The zero-order chi connectivity index (χ0) is 19.4. The van der Waals surface area contributed by atoms with Crippen molar-refractivity contribution in [2.75, 3.05) is 0 Å². The minimum atomic E-state index is -0.894. The number of benzene rings is 2. The summed E-state index contributed by atoms with van der Waals surface area (Å²) in [4.78, 5) is 5.94. The van der Waals surface area contributed by atoms with Gasteiger partial charge >= 0.3 is 7.12 Å². The van der Waals surface area contributed by atoms with Crippen molar-refractivity contribution in [2.45, 2.75) is 44.8 Å². The van der Waals surface area contributed by atoms with Crippen molar-refractivity contribution in [2.24, 2.45) is 5.16 Å². The van der Waals surface area contributed by atoms with Gasteiger partial charge in [-0.2, -0.15) is 0 Å². The highest BCUT2D eigenvalue weighted by atomic mass is 35.5. The first kappa shape index (κ1) is 18.8. The van der Waals surface area contributed by atoms with E-state index in [0.29, 0.717) is 16.5 Å². The van der Waals surface area contributed by atoms with Gasteiger partial charge in [-0.1, -0.05) is 47.4 Å². The molecule has 27 heavy (non-hydrogen) atoms. The Balaban J connectivity index is 1.68. The summed E-state index contributed by atoms with van der Waals surface area (Å²) in [5, 5.41) is 15.6. The third-order valence-electron chi connectivity index (χ3n) is 5.45. The van der Waals surface area contributed by atoms with Crippen LogP contribution >= 0.6 is 23.2 Å². The van der Waals surface area contributed by atoms with Crippen molar-refractivity contribution in [1.82, 2.24) is 0 Å². The smallest absolute Gasteiger partial charge is 0.423 e. The molecule has 1 unspecified atom stereocenters. The zero-order valence-corrected chi connectivity index (χ0v) is 16.9. The van der Waals surface area contributed by atoms with E-state index < -0.39 is 18.3 Å². The molecule has 0 bridgehead atoms. The average Bonchev–Trinajstić information content (AvgIpc) is 3.14. The molecule has 4 rings (SSSR count). The highest BCUT2D eigenvalue weighted by Gasteiger charge is 2.43. The van der Waals surface area contributed by atoms with E-state index in [9.17, 15) is 5.02 Å². The Morgan fingerprint density at radius 1 is 1.15 bits per heavy atom. The minimum Gasteiger partial charge on any atom is -0.423 e. The van der Waals surface area contributed by atoms with Crippen molar-refractivity contribution in [1.29, 1.82) is 0 Å². The average molecular weight is 404 g/mol. The number of fused-ring (bicyclic) bond motifs is 1. The quantitative estimate of drug-likeness (QED) is 0.773. The first-order chi connectivity index (χ1) is 12.7. The molecule has 2 aliphatic heterocycles. The molecule has 0 amide bonds. The Hall–Kier alpha value is -1.53. The van der Waals surface area contributed by atoms with Gasteiger partial charge in [-0.25, -0.2) is 0 Å². The van der Waals surface area contributed by atoms with Gasteiger partial charge in [-0.05, 0) is 61.1 Å². The van der Waals surface area contributed by atoms with Crippen LogP contribution in [0, 0.1) is 0 Å². The maximum Gasteiger partial charge on any atom is 0.492 e. The molecule has 0 aliphatic carbocycles. The van der Waals surface area contributed by atoms with Crippen LogP contribution in [0.15, 0.2) is 41.6 Å². The summed E-state index contributed by atoms with van der Waals surface area (Å²) in [6.07, 6.45) is 1.34. The van der Waals surface area contributed by atoms with E-state index >= 15 is 0 Å². The first-order valence-corrected chi connectivity index (χ1v) is 9.72. The lowest BCUT2D eigenvalue weighted by Gasteiger charge is -2.26. The van der Waals surface area contributed by atoms with Crippen molar-refractivity contribution < 1.29 is 14.5 Å². The van der Waals surface area contributed by atoms with Crippen molar-refractivity contribution in [3.63, 3.8) is 0 Å². The van der Waals surface area contributed by atoms with Gasteiger partial charge in [0.2, 0.25) is 0 Å². The number of rotatable bonds is 3. The molecule has 4 nitrogen and oxygen atoms in total. The van der Waals surface area contributed by atoms with E-state index in [4.69, 9.17) is 32.7 Å². The summed E-state index contributed by atoms with van der Waals surface area (Å²) < 4.78 is 5.65. The molecule has 0 saturated carbocycles. The van der Waals surface area contributed by atoms with Crippen LogP contribution in [0.3, 0.4) is 0 Å². The fourth-order valence-corrected chi connectivity index (χ4v) is 4.40. The summed E-state index contributed by atoms with van der Waals surface area (Å²) in [5.74, 6) is 0. The number of hydrogen-bond donors (Lipinski definition) is 1. The molecule has 1 atom stereocenters. The summed E-state index contributed by atoms with van der Waals surface area (Å²) >= 11 is 12.4. The maximum absolute atomic E-state index is 10.1. The Morgan fingerprint density at radius 2 is 1.85 bits per heavy atom. The first-order valence-electron chi connectivity index (χ1n) is 8.96. The number of hydrogen-bond acceptors (Lipinski definition) is 4. The largest absolute Gasteiger partial charge is 0.492 e. The molecule has 140 valence electrons. The highest BCUT2D eigenvalue weighted by Crippen LogP contribution is 2.41. The van der Waals surface area contributed by atoms with E-state index in [1.54, 1.807) is 6.07 Å². The van der Waals surface area contributed by atoms with Gasteiger partial charge in [0, 0.05) is 22.0 Å². The number of nitrogens with zero attached hydrogens (tertiary/aromatic N) is 1. The Morgan fingerprint density at radius 3 is 2.52 bits per heavy atom. The van der Waals surface area contributed by atoms with Crippen LogP contribution in [0.5, 0.6) is 0 Å². The zero-order valence-electron chi connectivity index (χ0n) is 15.4. The topological polar surface area (TPSA) is 51.0 Å². The van der Waals surface area contributed by atoms with Crippen molar-refractivity contribution >= 4 is 41.5 Å². The van der Waals surface area contributed by atoms with E-state index in [0.717, 1.165) is 34.3 Å². The number of oxime groups is 1. The van der Waals surface area contributed by atoms with Gasteiger partial charge in [0.1, 0.15) is 0 Å². The Bertz CT molecular complexity index is 927. The molecule has 2 aliphatic rings. The van der Waals surface area contributed by atoms with Crippen molar-refractivity contribution in [3.8, 4) is 0 Å². The van der Waals surface area contributed by atoms with Gasteiger partial charge in [0.15, 0.2) is 5.60 Å². The Kier molecular flexibility index (Phi) is 4.55. The maximum atomic E-state index is 10.1. The van der Waals surface area contributed by atoms with Crippen molar-refractivity contribution in [3.05, 3.63) is 63.1 Å². The molecule has 2 heterocycles. The highest BCUT2D eigenvalue weighted by molar-refractivity contribution is 6.62. The molecule has 2 aromatic rings.